The Morgan fingerprint density at radius 3 is 2.64 bits per heavy atom. The van der Waals surface area contributed by atoms with E-state index < -0.39 is 5.92 Å². The molecule has 0 amide bonds. The lowest BCUT2D eigenvalue weighted by atomic mass is 9.86. The van der Waals surface area contributed by atoms with Crippen molar-refractivity contribution in [2.45, 2.75) is 43.8 Å². The Hall–Kier alpha value is -0.220. The Balaban J connectivity index is 1.82. The predicted octanol–water partition coefficient (Wildman–Crippen LogP) is 1.89. The summed E-state index contributed by atoms with van der Waals surface area (Å²) in [5, 5.41) is 0. The van der Waals surface area contributed by atoms with Gasteiger partial charge < -0.3 is 4.74 Å². The van der Waals surface area contributed by atoms with Gasteiger partial charge in [-0.2, -0.15) is 0 Å². The Kier molecular flexibility index (Phi) is 2.75. The van der Waals surface area contributed by atoms with Gasteiger partial charge in [0.05, 0.1) is 12.6 Å². The van der Waals surface area contributed by atoms with Crippen molar-refractivity contribution in [3.63, 3.8) is 0 Å². The maximum absolute atomic E-state index is 13.1. The average Bonchev–Trinajstić information content (AvgIpc) is 2.00. The lowest BCUT2D eigenvalue weighted by Crippen LogP contribution is -2.54. The molecule has 0 atom stereocenters. The quantitative estimate of drug-likeness (QED) is 0.682. The van der Waals surface area contributed by atoms with Crippen LogP contribution in [0.5, 0.6) is 0 Å². The van der Waals surface area contributed by atoms with E-state index >= 15 is 0 Å². The van der Waals surface area contributed by atoms with E-state index in [-0.39, 0.29) is 13.0 Å². The summed E-state index contributed by atoms with van der Waals surface area (Å²) in [7, 11) is 1.69. The van der Waals surface area contributed by atoms with Gasteiger partial charge in [0.25, 0.3) is 5.92 Å². The second-order valence-electron chi connectivity index (χ2n) is 4.41. The highest BCUT2D eigenvalue weighted by Crippen LogP contribution is 2.34. The second-order valence-corrected chi connectivity index (χ2v) is 4.41. The molecule has 1 saturated carbocycles. The topological polar surface area (TPSA) is 12.5 Å². The van der Waals surface area contributed by atoms with Crippen LogP contribution >= 0.6 is 0 Å². The van der Waals surface area contributed by atoms with Crippen LogP contribution in [0.1, 0.15) is 25.7 Å². The molecule has 0 aromatic rings. The largest absolute Gasteiger partial charge is 0.381 e. The molecular weight excluding hydrogens is 188 g/mol. The lowest BCUT2D eigenvalue weighted by molar-refractivity contribution is -0.105. The smallest absolute Gasteiger partial charge is 0.260 e. The van der Waals surface area contributed by atoms with Gasteiger partial charge in [0.1, 0.15) is 0 Å². The van der Waals surface area contributed by atoms with Gasteiger partial charge in [-0.15, -0.1) is 0 Å². The van der Waals surface area contributed by atoms with Crippen LogP contribution in [-0.2, 0) is 4.74 Å². The zero-order valence-corrected chi connectivity index (χ0v) is 8.51. The van der Waals surface area contributed by atoms with Crippen molar-refractivity contribution >= 4 is 0 Å². The second kappa shape index (κ2) is 3.74. The molecule has 0 aromatic heterocycles. The van der Waals surface area contributed by atoms with Gasteiger partial charge in [-0.05, 0) is 25.8 Å². The van der Waals surface area contributed by atoms with Crippen molar-refractivity contribution in [2.75, 3.05) is 20.2 Å². The molecular formula is C10H17F2NO. The number of nitrogens with zero attached hydrogens (tertiary/aromatic N) is 1. The van der Waals surface area contributed by atoms with Crippen molar-refractivity contribution in [3.05, 3.63) is 0 Å². The minimum absolute atomic E-state index is 0.0475. The Morgan fingerprint density at radius 1 is 1.36 bits per heavy atom. The van der Waals surface area contributed by atoms with E-state index in [1.165, 1.54) is 0 Å². The Bertz CT molecular complexity index is 204. The fourth-order valence-corrected chi connectivity index (χ4v) is 2.34. The van der Waals surface area contributed by atoms with Crippen LogP contribution in [-0.4, -0.2) is 43.2 Å². The maximum Gasteiger partial charge on any atom is 0.260 e. The van der Waals surface area contributed by atoms with E-state index in [9.17, 15) is 8.78 Å². The molecule has 0 N–H and O–H groups in total. The highest BCUT2D eigenvalue weighted by atomic mass is 19.3. The third kappa shape index (κ3) is 2.06. The summed E-state index contributed by atoms with van der Waals surface area (Å²) >= 11 is 0. The number of piperidine rings is 1. The highest BCUT2D eigenvalue weighted by molar-refractivity contribution is 4.91. The van der Waals surface area contributed by atoms with Crippen molar-refractivity contribution in [1.29, 1.82) is 0 Å². The van der Waals surface area contributed by atoms with Crippen LogP contribution in [0.15, 0.2) is 0 Å². The van der Waals surface area contributed by atoms with Crippen LogP contribution in [0, 0.1) is 0 Å². The van der Waals surface area contributed by atoms with Crippen molar-refractivity contribution in [3.8, 4) is 0 Å². The first-order chi connectivity index (χ1) is 6.61. The molecule has 2 rings (SSSR count). The minimum atomic E-state index is -2.46. The van der Waals surface area contributed by atoms with Gasteiger partial charge in [-0.1, -0.05) is 0 Å². The number of halogens is 2. The fourth-order valence-electron chi connectivity index (χ4n) is 2.34. The van der Waals surface area contributed by atoms with Crippen LogP contribution in [0.4, 0.5) is 8.78 Å². The minimum Gasteiger partial charge on any atom is -0.381 e. The molecule has 4 heteroatoms. The van der Waals surface area contributed by atoms with Crippen LogP contribution in [0.25, 0.3) is 0 Å². The molecule has 82 valence electrons. The van der Waals surface area contributed by atoms with Crippen molar-refractivity contribution in [1.82, 2.24) is 4.90 Å². The van der Waals surface area contributed by atoms with Gasteiger partial charge in [-0.25, -0.2) is 8.78 Å². The fraction of sp³-hybridized carbons (Fsp3) is 1.00. The standard InChI is InChI=1S/C10H17F2NO/c1-14-9-5-8(6-9)13-4-2-3-10(11,12)7-13/h8-9H,2-7H2,1H3/t8-,9-. The first-order valence-electron chi connectivity index (χ1n) is 5.25. The zero-order valence-electron chi connectivity index (χ0n) is 8.51. The molecule has 0 radical (unpaired) electrons. The van der Waals surface area contributed by atoms with E-state index in [4.69, 9.17) is 4.74 Å². The van der Waals surface area contributed by atoms with E-state index in [1.54, 1.807) is 7.11 Å². The van der Waals surface area contributed by atoms with Crippen LogP contribution in [0.2, 0.25) is 0 Å². The number of hydrogen-bond donors (Lipinski definition) is 0. The van der Waals surface area contributed by atoms with Crippen molar-refractivity contribution in [2.24, 2.45) is 0 Å². The van der Waals surface area contributed by atoms with Gasteiger partial charge in [-0.3, -0.25) is 4.90 Å². The van der Waals surface area contributed by atoms with Gasteiger partial charge >= 0.3 is 0 Å². The van der Waals surface area contributed by atoms with Crippen LogP contribution in [0.3, 0.4) is 0 Å². The molecule has 0 unspecified atom stereocenters. The van der Waals surface area contributed by atoms with E-state index in [0.29, 0.717) is 18.6 Å². The molecule has 2 fully saturated rings. The molecule has 0 spiro atoms. The predicted molar refractivity (Wildman–Crippen MR) is 49.6 cm³/mol. The average molecular weight is 205 g/mol. The first-order valence-corrected chi connectivity index (χ1v) is 5.25. The molecule has 1 heterocycles. The number of rotatable bonds is 2. The summed E-state index contributed by atoms with van der Waals surface area (Å²) in [6.45, 7) is 0.783. The van der Waals surface area contributed by atoms with Gasteiger partial charge in [0.2, 0.25) is 0 Å². The first kappa shape index (κ1) is 10.3. The molecule has 0 aromatic carbocycles. The number of ether oxygens (including phenoxy) is 1. The van der Waals surface area contributed by atoms with Gasteiger partial charge in [0.15, 0.2) is 0 Å². The number of likely N-dealkylation sites (tertiary alicyclic amines) is 1. The summed E-state index contributed by atoms with van der Waals surface area (Å²) in [5.41, 5.74) is 0. The monoisotopic (exact) mass is 205 g/mol. The van der Waals surface area contributed by atoms with Crippen LogP contribution < -0.4 is 0 Å². The summed E-state index contributed by atoms with van der Waals surface area (Å²) in [6, 6.07) is 0.339. The normalized spacial score (nSPS) is 37.9. The highest BCUT2D eigenvalue weighted by Gasteiger charge is 2.41. The summed E-state index contributed by atoms with van der Waals surface area (Å²) < 4.78 is 31.3. The van der Waals surface area contributed by atoms with Gasteiger partial charge in [0, 0.05) is 19.6 Å². The number of methoxy groups -OCH3 is 1. The number of hydrogen-bond acceptors (Lipinski definition) is 2. The lowest BCUT2D eigenvalue weighted by Gasteiger charge is -2.45. The molecule has 0 bridgehead atoms. The molecule has 1 aliphatic heterocycles. The Morgan fingerprint density at radius 2 is 2.07 bits per heavy atom. The molecule has 1 aliphatic carbocycles. The molecule has 14 heavy (non-hydrogen) atoms. The summed E-state index contributed by atoms with van der Waals surface area (Å²) in [6.07, 6.45) is 2.83. The summed E-state index contributed by atoms with van der Waals surface area (Å²) in [5.74, 6) is -2.46. The van der Waals surface area contributed by atoms with E-state index in [1.807, 2.05) is 4.90 Å². The SMILES string of the molecule is CO[C@H]1C[C@H](N2CCCC(F)(F)C2)C1. The number of alkyl halides is 2. The van der Waals surface area contributed by atoms with E-state index in [2.05, 4.69) is 0 Å². The Labute approximate surface area is 83.2 Å². The van der Waals surface area contributed by atoms with E-state index in [0.717, 1.165) is 19.4 Å². The van der Waals surface area contributed by atoms with Crippen molar-refractivity contribution < 1.29 is 13.5 Å². The third-order valence-electron chi connectivity index (χ3n) is 3.34. The summed E-state index contributed by atoms with van der Waals surface area (Å²) in [4.78, 5) is 1.93. The molecule has 1 saturated heterocycles. The third-order valence-corrected chi connectivity index (χ3v) is 3.34. The molecule has 2 aliphatic rings. The molecule has 2 nitrogen and oxygen atoms in total. The zero-order chi connectivity index (χ0) is 10.2. The maximum atomic E-state index is 13.1.